The fraction of sp³-hybridized carbons (Fsp3) is 0.172. The van der Waals surface area contributed by atoms with Crippen LogP contribution in [0.25, 0.3) is 11.3 Å². The summed E-state index contributed by atoms with van der Waals surface area (Å²) in [4.78, 5) is 38.4. The van der Waals surface area contributed by atoms with Crippen molar-refractivity contribution in [2.45, 2.75) is 18.8 Å². The number of nitrogens with one attached hydrogen (secondary N) is 2. The number of H-pyrrole nitrogens is 1. The summed E-state index contributed by atoms with van der Waals surface area (Å²) in [5.74, 6) is -2.74. The zero-order chi connectivity index (χ0) is 26.6. The van der Waals surface area contributed by atoms with E-state index >= 15 is 0 Å². The second-order valence-corrected chi connectivity index (χ2v) is 9.13. The van der Waals surface area contributed by atoms with Gasteiger partial charge in [-0.25, -0.2) is 13.9 Å². The molecule has 38 heavy (non-hydrogen) atoms. The molecule has 9 heteroatoms. The number of hydrogen-bond donors (Lipinski definition) is 2. The number of amides is 2. The van der Waals surface area contributed by atoms with Gasteiger partial charge in [0.05, 0.1) is 11.3 Å². The molecule has 7 nitrogen and oxygen atoms in total. The predicted molar refractivity (Wildman–Crippen MR) is 139 cm³/mol. The van der Waals surface area contributed by atoms with Gasteiger partial charge < -0.3 is 10.2 Å². The van der Waals surface area contributed by atoms with Crippen LogP contribution in [0, 0.1) is 11.6 Å². The summed E-state index contributed by atoms with van der Waals surface area (Å²) in [6.07, 6.45) is 1.59. The second kappa shape index (κ2) is 10.8. The highest BCUT2D eigenvalue weighted by atomic mass is 19.2. The van der Waals surface area contributed by atoms with E-state index in [4.69, 9.17) is 0 Å². The lowest BCUT2D eigenvalue weighted by atomic mass is 9.89. The SMILES string of the molecule is O=C(Nc1ccc(C2CCN(C(=O)c3ccc(-c4ccc(=O)[nH]n4)cc3)CC2)cc1)c1cccc(F)c1F. The van der Waals surface area contributed by atoms with Crippen LogP contribution in [-0.2, 0) is 0 Å². The first-order chi connectivity index (χ1) is 18.4. The van der Waals surface area contributed by atoms with Crippen molar-refractivity contribution in [1.29, 1.82) is 0 Å². The third-order valence-corrected chi connectivity index (χ3v) is 6.73. The Kier molecular flexibility index (Phi) is 7.08. The van der Waals surface area contributed by atoms with Crippen molar-refractivity contribution in [3.8, 4) is 11.3 Å². The Bertz CT molecular complexity index is 1510. The molecule has 1 aromatic heterocycles. The maximum absolute atomic E-state index is 13.9. The number of hydrogen-bond acceptors (Lipinski definition) is 4. The van der Waals surface area contributed by atoms with Crippen molar-refractivity contribution in [2.24, 2.45) is 0 Å². The lowest BCUT2D eigenvalue weighted by Gasteiger charge is -2.32. The summed E-state index contributed by atoms with van der Waals surface area (Å²) in [5, 5.41) is 9.00. The molecule has 0 atom stereocenters. The first-order valence-corrected chi connectivity index (χ1v) is 12.2. The Labute approximate surface area is 217 Å². The van der Waals surface area contributed by atoms with E-state index in [-0.39, 0.29) is 22.9 Å². The Morgan fingerprint density at radius 2 is 1.61 bits per heavy atom. The summed E-state index contributed by atoms with van der Waals surface area (Å²) < 4.78 is 27.3. The summed E-state index contributed by atoms with van der Waals surface area (Å²) in [6, 6.07) is 20.9. The van der Waals surface area contributed by atoms with E-state index in [9.17, 15) is 23.2 Å². The van der Waals surface area contributed by atoms with Crippen LogP contribution in [0.5, 0.6) is 0 Å². The van der Waals surface area contributed by atoms with Crippen LogP contribution in [0.15, 0.2) is 83.7 Å². The predicted octanol–water partition coefficient (Wildman–Crippen LogP) is 4.99. The number of piperidine rings is 1. The average molecular weight is 515 g/mol. The van der Waals surface area contributed by atoms with Gasteiger partial charge >= 0.3 is 0 Å². The van der Waals surface area contributed by atoms with Crippen LogP contribution >= 0.6 is 0 Å². The van der Waals surface area contributed by atoms with E-state index in [1.165, 1.54) is 18.2 Å². The van der Waals surface area contributed by atoms with Gasteiger partial charge in [0.15, 0.2) is 11.6 Å². The number of carbonyl (C=O) groups excluding carboxylic acids is 2. The summed E-state index contributed by atoms with van der Waals surface area (Å²) in [7, 11) is 0. The van der Waals surface area contributed by atoms with Crippen molar-refractivity contribution in [3.63, 3.8) is 0 Å². The van der Waals surface area contributed by atoms with Crippen molar-refractivity contribution < 1.29 is 18.4 Å². The Hall–Kier alpha value is -4.66. The minimum atomic E-state index is -1.18. The third kappa shape index (κ3) is 5.36. The second-order valence-electron chi connectivity index (χ2n) is 9.13. The first-order valence-electron chi connectivity index (χ1n) is 12.2. The molecule has 1 saturated heterocycles. The number of benzene rings is 3. The van der Waals surface area contributed by atoms with Crippen LogP contribution in [0.4, 0.5) is 14.5 Å². The monoisotopic (exact) mass is 514 g/mol. The molecule has 4 aromatic rings. The van der Waals surface area contributed by atoms with Crippen molar-refractivity contribution in [3.05, 3.63) is 118 Å². The van der Waals surface area contributed by atoms with Crippen molar-refractivity contribution in [1.82, 2.24) is 15.1 Å². The lowest BCUT2D eigenvalue weighted by Crippen LogP contribution is -2.37. The largest absolute Gasteiger partial charge is 0.339 e. The van der Waals surface area contributed by atoms with E-state index in [0.29, 0.717) is 30.0 Å². The molecule has 5 rings (SSSR count). The van der Waals surface area contributed by atoms with E-state index in [1.54, 1.807) is 30.3 Å². The van der Waals surface area contributed by atoms with E-state index in [1.807, 2.05) is 29.2 Å². The zero-order valence-electron chi connectivity index (χ0n) is 20.3. The molecule has 192 valence electrons. The molecule has 2 N–H and O–H groups in total. The molecule has 0 radical (unpaired) electrons. The van der Waals surface area contributed by atoms with E-state index < -0.39 is 17.5 Å². The van der Waals surface area contributed by atoms with Crippen molar-refractivity contribution >= 4 is 17.5 Å². The normalized spacial score (nSPS) is 13.8. The van der Waals surface area contributed by atoms with Gasteiger partial charge in [0.1, 0.15) is 0 Å². The molecule has 0 bridgehead atoms. The molecule has 1 fully saturated rings. The molecule has 0 saturated carbocycles. The van der Waals surface area contributed by atoms with Crippen LogP contribution in [0.1, 0.15) is 45.0 Å². The number of aromatic amines is 1. The number of carbonyl (C=O) groups is 2. The molecule has 3 aromatic carbocycles. The molecule has 1 aliphatic rings. The minimum Gasteiger partial charge on any atom is -0.339 e. The van der Waals surface area contributed by atoms with Gasteiger partial charge in [0.2, 0.25) is 0 Å². The van der Waals surface area contributed by atoms with E-state index in [2.05, 4.69) is 15.5 Å². The molecular weight excluding hydrogens is 490 g/mol. The van der Waals surface area contributed by atoms with Gasteiger partial charge in [0.25, 0.3) is 17.4 Å². The highest BCUT2D eigenvalue weighted by Crippen LogP contribution is 2.30. The lowest BCUT2D eigenvalue weighted by molar-refractivity contribution is 0.0713. The Morgan fingerprint density at radius 1 is 0.895 bits per heavy atom. The molecule has 0 spiro atoms. The van der Waals surface area contributed by atoms with Gasteiger partial charge in [-0.15, -0.1) is 0 Å². The van der Waals surface area contributed by atoms with E-state index in [0.717, 1.165) is 30.0 Å². The quantitative estimate of drug-likeness (QED) is 0.392. The topological polar surface area (TPSA) is 95.2 Å². The van der Waals surface area contributed by atoms with Crippen molar-refractivity contribution in [2.75, 3.05) is 18.4 Å². The Balaban J connectivity index is 1.16. The third-order valence-electron chi connectivity index (χ3n) is 6.73. The van der Waals surface area contributed by atoms with Gasteiger partial charge in [0, 0.05) is 36.0 Å². The first kappa shape index (κ1) is 25.0. The number of nitrogens with zero attached hydrogens (tertiary/aromatic N) is 2. The highest BCUT2D eigenvalue weighted by molar-refractivity contribution is 6.04. The number of anilines is 1. The molecule has 1 aliphatic heterocycles. The zero-order valence-corrected chi connectivity index (χ0v) is 20.3. The van der Waals surface area contributed by atoms with Gasteiger partial charge in [-0.3, -0.25) is 14.4 Å². The van der Waals surface area contributed by atoms with Crippen LogP contribution in [-0.4, -0.2) is 40.0 Å². The molecule has 0 unspecified atom stereocenters. The number of rotatable bonds is 5. The number of halogens is 2. The highest BCUT2D eigenvalue weighted by Gasteiger charge is 2.25. The summed E-state index contributed by atoms with van der Waals surface area (Å²) in [6.45, 7) is 1.23. The molecule has 2 amide bonds. The minimum absolute atomic E-state index is 0.0351. The fourth-order valence-electron chi connectivity index (χ4n) is 4.60. The van der Waals surface area contributed by atoms with Crippen LogP contribution < -0.4 is 10.9 Å². The Morgan fingerprint density at radius 3 is 2.26 bits per heavy atom. The molecule has 0 aliphatic carbocycles. The maximum Gasteiger partial charge on any atom is 0.264 e. The van der Waals surface area contributed by atoms with Gasteiger partial charge in [-0.05, 0) is 66.8 Å². The van der Waals surface area contributed by atoms with Crippen LogP contribution in [0.3, 0.4) is 0 Å². The van der Waals surface area contributed by atoms with Gasteiger partial charge in [-0.1, -0.05) is 30.3 Å². The maximum atomic E-state index is 13.9. The number of likely N-dealkylation sites (tertiary alicyclic amines) is 1. The summed E-state index contributed by atoms with van der Waals surface area (Å²) >= 11 is 0. The fourth-order valence-corrected chi connectivity index (χ4v) is 4.60. The van der Waals surface area contributed by atoms with Gasteiger partial charge in [-0.2, -0.15) is 5.10 Å². The van der Waals surface area contributed by atoms with Crippen LogP contribution in [0.2, 0.25) is 0 Å². The molecule has 2 heterocycles. The smallest absolute Gasteiger partial charge is 0.264 e. The molecular formula is C29H24F2N4O3. The summed E-state index contributed by atoms with van der Waals surface area (Å²) in [5.41, 5.74) is 2.96. The average Bonchev–Trinajstić information content (AvgIpc) is 2.95. The standard InChI is InChI=1S/C29H24F2N4O3/c30-24-3-1-2-23(27(24)31)28(37)32-22-10-8-18(9-11-22)19-14-16-35(17-15-19)29(38)21-6-4-20(5-7-21)25-12-13-26(36)34-33-25/h1-13,19H,14-17H2,(H,32,37)(H,34,36). The number of aromatic nitrogens is 2.